The molecule has 136 valence electrons. The summed E-state index contributed by atoms with van der Waals surface area (Å²) < 4.78 is 0. The fraction of sp³-hybridized carbons (Fsp3) is 0.389. The molecule has 0 spiro atoms. The Hall–Kier alpha value is -2.19. The first kappa shape index (κ1) is 17.2. The first-order valence-corrected chi connectivity index (χ1v) is 10.4. The van der Waals surface area contributed by atoms with Crippen LogP contribution in [-0.2, 0) is 16.0 Å². The molecule has 4 heterocycles. The zero-order chi connectivity index (χ0) is 18.1. The predicted octanol–water partition coefficient (Wildman–Crippen LogP) is 1.64. The normalized spacial score (nSPS) is 25.5. The van der Waals surface area contributed by atoms with Crippen LogP contribution in [0.1, 0.15) is 27.4 Å². The second-order valence-corrected chi connectivity index (χ2v) is 8.54. The van der Waals surface area contributed by atoms with Crippen LogP contribution >= 0.6 is 22.7 Å². The average Bonchev–Trinajstić information content (AvgIpc) is 3.33. The van der Waals surface area contributed by atoms with Gasteiger partial charge in [0.1, 0.15) is 12.1 Å². The van der Waals surface area contributed by atoms with Gasteiger partial charge in [-0.1, -0.05) is 12.1 Å². The van der Waals surface area contributed by atoms with Crippen LogP contribution in [-0.4, -0.2) is 47.3 Å². The summed E-state index contributed by atoms with van der Waals surface area (Å²) in [6, 6.07) is 6.45. The maximum atomic E-state index is 12.8. The fourth-order valence-corrected chi connectivity index (χ4v) is 4.95. The van der Waals surface area contributed by atoms with E-state index in [1.807, 2.05) is 29.0 Å². The monoisotopic (exact) mass is 389 g/mol. The molecule has 0 unspecified atom stereocenters. The van der Waals surface area contributed by atoms with Gasteiger partial charge in [-0.2, -0.15) is 0 Å². The van der Waals surface area contributed by atoms with E-state index in [1.54, 1.807) is 22.3 Å². The van der Waals surface area contributed by atoms with Gasteiger partial charge in [0.15, 0.2) is 0 Å². The van der Waals surface area contributed by atoms with E-state index in [0.29, 0.717) is 30.7 Å². The molecule has 2 aromatic rings. The lowest BCUT2D eigenvalue weighted by molar-refractivity contribution is -0.151. The lowest BCUT2D eigenvalue weighted by atomic mass is 9.92. The lowest BCUT2D eigenvalue weighted by Crippen LogP contribution is -2.67. The van der Waals surface area contributed by atoms with Crippen LogP contribution in [0.4, 0.5) is 0 Å². The molecule has 3 atom stereocenters. The van der Waals surface area contributed by atoms with E-state index in [2.05, 4.69) is 10.6 Å². The number of hydrogen-bond donors (Lipinski definition) is 2. The van der Waals surface area contributed by atoms with Gasteiger partial charge in [0, 0.05) is 23.9 Å². The second-order valence-electron chi connectivity index (χ2n) is 6.56. The smallest absolute Gasteiger partial charge is 0.261 e. The van der Waals surface area contributed by atoms with Crippen molar-refractivity contribution in [1.82, 2.24) is 15.5 Å². The molecule has 0 aromatic carbocycles. The van der Waals surface area contributed by atoms with Crippen molar-refractivity contribution >= 4 is 40.4 Å². The third-order valence-electron chi connectivity index (χ3n) is 4.87. The zero-order valence-electron chi connectivity index (χ0n) is 14.0. The number of fused-ring (bicyclic) bond motifs is 1. The Labute approximate surface area is 159 Å². The van der Waals surface area contributed by atoms with Crippen molar-refractivity contribution in [2.45, 2.75) is 37.4 Å². The van der Waals surface area contributed by atoms with Crippen LogP contribution in [0, 0.1) is 0 Å². The summed E-state index contributed by atoms with van der Waals surface area (Å²) in [7, 11) is 0. The molecule has 2 aliphatic heterocycles. The topological polar surface area (TPSA) is 78.5 Å². The predicted molar refractivity (Wildman–Crippen MR) is 100 cm³/mol. The Morgan fingerprint density at radius 3 is 2.77 bits per heavy atom. The molecule has 0 bridgehead atoms. The molecule has 3 amide bonds. The number of amides is 3. The Bertz CT molecular complexity index is 804. The van der Waals surface area contributed by atoms with E-state index < -0.39 is 12.1 Å². The van der Waals surface area contributed by atoms with E-state index in [4.69, 9.17) is 0 Å². The summed E-state index contributed by atoms with van der Waals surface area (Å²) in [6.07, 6.45) is 1.66. The van der Waals surface area contributed by atoms with Gasteiger partial charge >= 0.3 is 0 Å². The molecule has 4 rings (SSSR count). The summed E-state index contributed by atoms with van der Waals surface area (Å²) in [6.45, 7) is 0.493. The van der Waals surface area contributed by atoms with Crippen molar-refractivity contribution in [2.75, 3.05) is 6.54 Å². The summed E-state index contributed by atoms with van der Waals surface area (Å²) in [4.78, 5) is 41.0. The highest BCUT2D eigenvalue weighted by Crippen LogP contribution is 2.24. The molecule has 0 saturated carbocycles. The Morgan fingerprint density at radius 1 is 1.23 bits per heavy atom. The molecule has 2 N–H and O–H groups in total. The number of rotatable bonds is 4. The van der Waals surface area contributed by atoms with Gasteiger partial charge in [-0.25, -0.2) is 0 Å². The number of carbonyl (C=O) groups excluding carboxylic acids is 3. The quantitative estimate of drug-likeness (QED) is 0.834. The van der Waals surface area contributed by atoms with Crippen LogP contribution in [0.5, 0.6) is 0 Å². The molecule has 2 fully saturated rings. The highest BCUT2D eigenvalue weighted by molar-refractivity contribution is 7.12. The van der Waals surface area contributed by atoms with Crippen molar-refractivity contribution < 1.29 is 14.4 Å². The summed E-state index contributed by atoms with van der Waals surface area (Å²) >= 11 is 2.98. The van der Waals surface area contributed by atoms with Crippen LogP contribution in [0.25, 0.3) is 0 Å². The third-order valence-corrected chi connectivity index (χ3v) is 6.64. The maximum absolute atomic E-state index is 12.8. The van der Waals surface area contributed by atoms with Crippen molar-refractivity contribution in [3.05, 3.63) is 44.8 Å². The van der Waals surface area contributed by atoms with Gasteiger partial charge in [0.2, 0.25) is 11.8 Å². The molecule has 0 aliphatic carbocycles. The summed E-state index contributed by atoms with van der Waals surface area (Å²) in [5, 5.41) is 9.69. The first-order valence-electron chi connectivity index (χ1n) is 8.59. The minimum Gasteiger partial charge on any atom is -0.348 e. The van der Waals surface area contributed by atoms with Crippen molar-refractivity contribution in [2.24, 2.45) is 0 Å². The minimum absolute atomic E-state index is 0.0222. The minimum atomic E-state index is -0.496. The zero-order valence-corrected chi connectivity index (χ0v) is 15.6. The van der Waals surface area contributed by atoms with Crippen LogP contribution in [0.2, 0.25) is 0 Å². The maximum Gasteiger partial charge on any atom is 0.261 e. The standard InChI is InChI=1S/C18H19N3O3S2/c22-16-14-9-11(19-17(23)15-4-2-8-26-15)5-6-21(14)18(24)13(20-16)10-12-3-1-7-25-12/h1-4,7-8,11,13-14H,5-6,9-10H2,(H,19,23)(H,20,22)/t11-,13+,14-/m0/s1. The van der Waals surface area contributed by atoms with Crippen molar-refractivity contribution in [3.8, 4) is 0 Å². The highest BCUT2D eigenvalue weighted by Gasteiger charge is 2.44. The molecule has 2 aliphatic rings. The largest absolute Gasteiger partial charge is 0.348 e. The lowest BCUT2D eigenvalue weighted by Gasteiger charge is -2.44. The van der Waals surface area contributed by atoms with Gasteiger partial charge in [-0.05, 0) is 35.7 Å². The first-order chi connectivity index (χ1) is 12.6. The number of thiophene rings is 2. The third kappa shape index (κ3) is 3.39. The molecule has 0 radical (unpaired) electrons. The van der Waals surface area contributed by atoms with Crippen molar-refractivity contribution in [3.63, 3.8) is 0 Å². The number of piperidine rings is 1. The number of hydrogen-bond acceptors (Lipinski definition) is 5. The Balaban J connectivity index is 1.40. The fourth-order valence-electron chi connectivity index (χ4n) is 3.57. The van der Waals surface area contributed by atoms with Crippen LogP contribution in [0.15, 0.2) is 35.0 Å². The molecular weight excluding hydrogens is 370 g/mol. The SMILES string of the molecule is O=C(N[C@H]1CCN2C(=O)[C@@H](Cc3cccs3)NC(=O)[C@@H]2C1)c1cccs1. The van der Waals surface area contributed by atoms with E-state index >= 15 is 0 Å². The average molecular weight is 390 g/mol. The van der Waals surface area contributed by atoms with Gasteiger partial charge in [-0.15, -0.1) is 22.7 Å². The summed E-state index contributed by atoms with van der Waals surface area (Å²) in [5.41, 5.74) is 0. The van der Waals surface area contributed by atoms with Gasteiger partial charge in [0.25, 0.3) is 5.91 Å². The second kappa shape index (κ2) is 7.20. The van der Waals surface area contributed by atoms with Crippen LogP contribution in [0.3, 0.4) is 0 Å². The molecule has 8 heteroatoms. The van der Waals surface area contributed by atoms with E-state index in [1.165, 1.54) is 11.3 Å². The van der Waals surface area contributed by atoms with Gasteiger partial charge in [-0.3, -0.25) is 14.4 Å². The number of nitrogens with zero attached hydrogens (tertiary/aromatic N) is 1. The molecule has 6 nitrogen and oxygen atoms in total. The summed E-state index contributed by atoms with van der Waals surface area (Å²) in [5.74, 6) is -0.260. The Morgan fingerprint density at radius 2 is 2.04 bits per heavy atom. The number of piperazine rings is 1. The van der Waals surface area contributed by atoms with E-state index in [0.717, 1.165) is 4.88 Å². The Kier molecular flexibility index (Phi) is 4.78. The van der Waals surface area contributed by atoms with E-state index in [-0.39, 0.29) is 23.8 Å². The van der Waals surface area contributed by atoms with Gasteiger partial charge in [0.05, 0.1) is 4.88 Å². The van der Waals surface area contributed by atoms with Crippen molar-refractivity contribution in [1.29, 1.82) is 0 Å². The number of nitrogens with one attached hydrogen (secondary N) is 2. The molecule has 2 aromatic heterocycles. The molecule has 26 heavy (non-hydrogen) atoms. The number of carbonyl (C=O) groups is 3. The van der Waals surface area contributed by atoms with Gasteiger partial charge < -0.3 is 15.5 Å². The van der Waals surface area contributed by atoms with E-state index in [9.17, 15) is 14.4 Å². The highest BCUT2D eigenvalue weighted by atomic mass is 32.1. The molecule has 2 saturated heterocycles. The van der Waals surface area contributed by atoms with Crippen LogP contribution < -0.4 is 10.6 Å². The molecular formula is C18H19N3O3S2.